The van der Waals surface area contributed by atoms with Gasteiger partial charge in [0.05, 0.1) is 16.4 Å². The molecule has 2 aromatic rings. The Morgan fingerprint density at radius 1 is 1.22 bits per heavy atom. The molecule has 2 heterocycles. The number of aromatic nitrogens is 3. The maximum atomic E-state index is 5.72. The van der Waals surface area contributed by atoms with Gasteiger partial charge in [-0.2, -0.15) is 0 Å². The maximum Gasteiger partial charge on any atom is 0.127 e. The molecule has 0 bridgehead atoms. The highest BCUT2D eigenvalue weighted by Gasteiger charge is 2.17. The smallest absolute Gasteiger partial charge is 0.127 e. The highest BCUT2D eigenvalue weighted by Crippen LogP contribution is 2.24. The fourth-order valence-electron chi connectivity index (χ4n) is 1.64. The van der Waals surface area contributed by atoms with E-state index >= 15 is 0 Å². The molecule has 96 valence electrons. The van der Waals surface area contributed by atoms with Gasteiger partial charge in [-0.1, -0.05) is 20.8 Å². The molecule has 18 heavy (non-hydrogen) atoms. The molecule has 0 atom stereocenters. The van der Waals surface area contributed by atoms with Gasteiger partial charge in [0.1, 0.15) is 11.6 Å². The number of hydrogen-bond donors (Lipinski definition) is 1. The average Bonchev–Trinajstić information content (AvgIpc) is 2.63. The second-order valence-corrected chi connectivity index (χ2v) is 6.33. The lowest BCUT2D eigenvalue weighted by Gasteiger charge is -2.14. The van der Waals surface area contributed by atoms with Crippen molar-refractivity contribution < 1.29 is 0 Å². The van der Waals surface area contributed by atoms with E-state index in [2.05, 4.69) is 41.1 Å². The van der Waals surface area contributed by atoms with Gasteiger partial charge in [0, 0.05) is 23.3 Å². The van der Waals surface area contributed by atoms with Crippen LogP contribution >= 0.6 is 11.3 Å². The Balaban J connectivity index is 2.21. The zero-order valence-electron chi connectivity index (χ0n) is 11.2. The van der Waals surface area contributed by atoms with Gasteiger partial charge < -0.3 is 5.73 Å². The van der Waals surface area contributed by atoms with Gasteiger partial charge in [-0.25, -0.2) is 15.0 Å². The monoisotopic (exact) mass is 262 g/mol. The van der Waals surface area contributed by atoms with Crippen molar-refractivity contribution in [3.8, 4) is 0 Å². The van der Waals surface area contributed by atoms with Crippen molar-refractivity contribution in [2.24, 2.45) is 0 Å². The molecule has 0 saturated heterocycles. The van der Waals surface area contributed by atoms with Crippen LogP contribution in [-0.2, 0) is 11.8 Å². The molecule has 0 amide bonds. The van der Waals surface area contributed by atoms with Gasteiger partial charge in [0.15, 0.2) is 0 Å². The predicted octanol–water partition coefficient (Wildman–Crippen LogP) is 2.71. The van der Waals surface area contributed by atoms with Crippen molar-refractivity contribution in [1.29, 1.82) is 0 Å². The van der Waals surface area contributed by atoms with Crippen LogP contribution in [0.2, 0.25) is 0 Å². The Kier molecular flexibility index (Phi) is 3.34. The standard InChI is InChI=1S/C13H18N4S/c1-8-15-9(5-11(14)16-8)6-12-17-10(7-18-12)13(2,3)4/h5,7H,6H2,1-4H3,(H2,14,15,16). The summed E-state index contributed by atoms with van der Waals surface area (Å²) in [5, 5.41) is 3.18. The zero-order valence-corrected chi connectivity index (χ0v) is 12.0. The molecule has 4 nitrogen and oxygen atoms in total. The summed E-state index contributed by atoms with van der Waals surface area (Å²) in [6.07, 6.45) is 0.717. The van der Waals surface area contributed by atoms with Crippen LogP contribution in [0.1, 0.15) is 43.0 Å². The third-order valence-corrected chi connectivity index (χ3v) is 3.41. The zero-order chi connectivity index (χ0) is 13.3. The van der Waals surface area contributed by atoms with E-state index in [1.54, 1.807) is 11.3 Å². The normalized spacial score (nSPS) is 11.8. The Labute approximate surface area is 111 Å². The Morgan fingerprint density at radius 2 is 1.94 bits per heavy atom. The number of nitrogens with two attached hydrogens (primary N) is 1. The quantitative estimate of drug-likeness (QED) is 0.903. The van der Waals surface area contributed by atoms with E-state index in [0.717, 1.165) is 16.4 Å². The summed E-state index contributed by atoms with van der Waals surface area (Å²) >= 11 is 1.67. The number of anilines is 1. The third kappa shape index (κ3) is 3.04. The number of aryl methyl sites for hydroxylation is 1. The highest BCUT2D eigenvalue weighted by atomic mass is 32.1. The first-order valence-electron chi connectivity index (χ1n) is 5.89. The molecule has 0 fully saturated rings. The Morgan fingerprint density at radius 3 is 2.50 bits per heavy atom. The highest BCUT2D eigenvalue weighted by molar-refractivity contribution is 7.09. The van der Waals surface area contributed by atoms with E-state index < -0.39 is 0 Å². The minimum absolute atomic E-state index is 0.0926. The molecule has 2 rings (SSSR count). The first kappa shape index (κ1) is 13.0. The summed E-state index contributed by atoms with van der Waals surface area (Å²) in [6, 6.07) is 1.81. The molecule has 0 spiro atoms. The van der Waals surface area contributed by atoms with Gasteiger partial charge in [0.25, 0.3) is 0 Å². The molecule has 0 aliphatic heterocycles. The summed E-state index contributed by atoms with van der Waals surface area (Å²) < 4.78 is 0. The van der Waals surface area contributed by atoms with Gasteiger partial charge in [-0.05, 0) is 6.92 Å². The summed E-state index contributed by atoms with van der Waals surface area (Å²) in [6.45, 7) is 8.35. The van der Waals surface area contributed by atoms with Crippen LogP contribution in [0.3, 0.4) is 0 Å². The fraction of sp³-hybridized carbons (Fsp3) is 0.462. The minimum Gasteiger partial charge on any atom is -0.384 e. The average molecular weight is 262 g/mol. The van der Waals surface area contributed by atoms with E-state index in [1.807, 2.05) is 13.0 Å². The second kappa shape index (κ2) is 4.65. The van der Waals surface area contributed by atoms with Crippen molar-refractivity contribution in [2.75, 3.05) is 5.73 Å². The van der Waals surface area contributed by atoms with Crippen LogP contribution in [0.25, 0.3) is 0 Å². The molecule has 0 radical (unpaired) electrons. The number of nitrogens with zero attached hydrogens (tertiary/aromatic N) is 3. The summed E-state index contributed by atoms with van der Waals surface area (Å²) in [7, 11) is 0. The lowest BCUT2D eigenvalue weighted by atomic mass is 9.93. The molecular formula is C13H18N4S. The summed E-state index contributed by atoms with van der Waals surface area (Å²) in [5.74, 6) is 1.22. The topological polar surface area (TPSA) is 64.7 Å². The molecule has 0 aromatic carbocycles. The Bertz CT molecular complexity index is 534. The van der Waals surface area contributed by atoms with Crippen molar-refractivity contribution in [1.82, 2.24) is 15.0 Å². The van der Waals surface area contributed by atoms with Crippen LogP contribution in [0.4, 0.5) is 5.82 Å². The molecule has 0 aliphatic carbocycles. The van der Waals surface area contributed by atoms with Crippen LogP contribution in [0.15, 0.2) is 11.4 Å². The molecule has 2 aromatic heterocycles. The van der Waals surface area contributed by atoms with Gasteiger partial charge in [-0.15, -0.1) is 11.3 Å². The number of rotatable bonds is 2. The molecule has 0 saturated carbocycles. The van der Waals surface area contributed by atoms with E-state index in [0.29, 0.717) is 18.1 Å². The molecule has 0 aliphatic rings. The van der Waals surface area contributed by atoms with Crippen LogP contribution in [0.5, 0.6) is 0 Å². The first-order valence-corrected chi connectivity index (χ1v) is 6.77. The van der Waals surface area contributed by atoms with Crippen molar-refractivity contribution in [3.63, 3.8) is 0 Å². The lowest BCUT2D eigenvalue weighted by molar-refractivity contribution is 0.571. The van der Waals surface area contributed by atoms with E-state index in [9.17, 15) is 0 Å². The summed E-state index contributed by atoms with van der Waals surface area (Å²) in [5.41, 5.74) is 7.86. The Hall–Kier alpha value is -1.49. The van der Waals surface area contributed by atoms with Crippen molar-refractivity contribution in [2.45, 2.75) is 39.5 Å². The van der Waals surface area contributed by atoms with Gasteiger partial charge in [-0.3, -0.25) is 0 Å². The first-order chi connectivity index (χ1) is 8.34. The fourth-order valence-corrected chi connectivity index (χ4v) is 2.67. The SMILES string of the molecule is Cc1nc(N)cc(Cc2nc(C(C)(C)C)cs2)n1. The van der Waals surface area contributed by atoms with Crippen molar-refractivity contribution in [3.05, 3.63) is 33.7 Å². The predicted molar refractivity (Wildman–Crippen MR) is 74.8 cm³/mol. The summed E-state index contributed by atoms with van der Waals surface area (Å²) in [4.78, 5) is 13.1. The molecule has 5 heteroatoms. The van der Waals surface area contributed by atoms with Crippen LogP contribution in [-0.4, -0.2) is 15.0 Å². The van der Waals surface area contributed by atoms with Crippen LogP contribution < -0.4 is 5.73 Å². The molecular weight excluding hydrogens is 244 g/mol. The minimum atomic E-state index is 0.0926. The van der Waals surface area contributed by atoms with E-state index in [4.69, 9.17) is 5.73 Å². The largest absolute Gasteiger partial charge is 0.384 e. The van der Waals surface area contributed by atoms with E-state index in [-0.39, 0.29) is 5.41 Å². The van der Waals surface area contributed by atoms with Gasteiger partial charge >= 0.3 is 0 Å². The maximum absolute atomic E-state index is 5.72. The molecule has 2 N–H and O–H groups in total. The number of thiazole rings is 1. The van der Waals surface area contributed by atoms with Crippen LogP contribution in [0, 0.1) is 6.92 Å². The van der Waals surface area contributed by atoms with E-state index in [1.165, 1.54) is 0 Å². The third-order valence-electron chi connectivity index (χ3n) is 2.56. The number of hydrogen-bond acceptors (Lipinski definition) is 5. The van der Waals surface area contributed by atoms with Gasteiger partial charge in [0.2, 0.25) is 0 Å². The van der Waals surface area contributed by atoms with Crippen molar-refractivity contribution >= 4 is 17.2 Å². The second-order valence-electron chi connectivity index (χ2n) is 5.38. The lowest BCUT2D eigenvalue weighted by Crippen LogP contribution is -2.11. The number of nitrogen functional groups attached to an aromatic ring is 1. The molecule has 0 unspecified atom stereocenters.